The molecule has 1 saturated heterocycles. The molecule has 4 nitrogen and oxygen atoms in total. The van der Waals surface area contributed by atoms with Crippen LogP contribution in [0.4, 0.5) is 4.79 Å². The Bertz CT molecular complexity index is 276. The lowest BCUT2D eigenvalue weighted by atomic mass is 10.4. The Morgan fingerprint density at radius 3 is 2.41 bits per heavy atom. The van der Waals surface area contributed by atoms with E-state index in [1.807, 2.05) is 0 Å². The number of hydrogen-bond acceptors (Lipinski definition) is 3. The van der Waals surface area contributed by atoms with Crippen LogP contribution in [-0.2, 0) is 8.85 Å². The van der Waals surface area contributed by atoms with Gasteiger partial charge >= 0.3 is 6.09 Å². The van der Waals surface area contributed by atoms with Gasteiger partial charge in [-0.3, -0.25) is 0 Å². The molecule has 0 saturated carbocycles. The molecule has 0 unspecified atom stereocenters. The summed E-state index contributed by atoms with van der Waals surface area (Å²) in [7, 11) is -2.98. The second-order valence-corrected chi connectivity index (χ2v) is 15.2. The van der Waals surface area contributed by atoms with Crippen LogP contribution >= 0.6 is 0 Å². The Hall–Kier alpha value is -0.336. The van der Waals surface area contributed by atoms with E-state index in [-0.39, 0.29) is 6.09 Å². The van der Waals surface area contributed by atoms with Crippen molar-refractivity contribution in [3.8, 4) is 0 Å². The largest absolute Gasteiger partial charge is 0.456 e. The minimum atomic E-state index is -1.55. The molecule has 1 fully saturated rings. The number of amides is 1. The van der Waals surface area contributed by atoms with E-state index in [0.717, 1.165) is 25.6 Å². The molecular formula is C11H25NO3Si2. The fourth-order valence-corrected chi connectivity index (χ4v) is 10.3. The molecule has 0 bridgehead atoms. The zero-order valence-electron chi connectivity index (χ0n) is 11.7. The highest BCUT2D eigenvalue weighted by atomic mass is 28.4. The van der Waals surface area contributed by atoms with Gasteiger partial charge in [0.1, 0.15) is 6.61 Å². The van der Waals surface area contributed by atoms with Crippen LogP contribution in [0.2, 0.25) is 38.8 Å². The van der Waals surface area contributed by atoms with Gasteiger partial charge in [0, 0.05) is 6.54 Å². The summed E-state index contributed by atoms with van der Waals surface area (Å²) in [6, 6.07) is 1.11. The lowest BCUT2D eigenvalue weighted by Crippen LogP contribution is -2.42. The molecule has 0 atom stereocenters. The first-order valence-electron chi connectivity index (χ1n) is 6.31. The van der Waals surface area contributed by atoms with Gasteiger partial charge in [0.05, 0.1) is 6.54 Å². The summed E-state index contributed by atoms with van der Waals surface area (Å²) in [5.41, 5.74) is 0. The number of carbonyl (C=O) groups is 1. The number of cyclic esters (lactones) is 1. The average molecular weight is 275 g/mol. The third-order valence-corrected chi connectivity index (χ3v) is 8.85. The van der Waals surface area contributed by atoms with E-state index in [0.29, 0.717) is 6.61 Å². The summed E-state index contributed by atoms with van der Waals surface area (Å²) in [5, 5.41) is 0. The van der Waals surface area contributed by atoms with Gasteiger partial charge in [-0.15, -0.1) is 0 Å². The van der Waals surface area contributed by atoms with Gasteiger partial charge in [-0.2, -0.15) is 0 Å². The van der Waals surface area contributed by atoms with E-state index < -0.39 is 16.6 Å². The van der Waals surface area contributed by atoms with E-state index in [4.69, 9.17) is 8.85 Å². The van der Waals surface area contributed by atoms with Crippen molar-refractivity contribution < 1.29 is 13.6 Å². The van der Waals surface area contributed by atoms with Crippen molar-refractivity contribution in [2.24, 2.45) is 0 Å². The highest BCUT2D eigenvalue weighted by Gasteiger charge is 2.30. The Morgan fingerprint density at radius 1 is 1.29 bits per heavy atom. The fourth-order valence-electron chi connectivity index (χ4n) is 2.20. The predicted molar refractivity (Wildman–Crippen MR) is 74.3 cm³/mol. The summed E-state index contributed by atoms with van der Waals surface area (Å²) in [5.74, 6) is 0. The van der Waals surface area contributed by atoms with Gasteiger partial charge in [-0.25, -0.2) is 4.79 Å². The zero-order chi connectivity index (χ0) is 13.1. The SMILES string of the molecule is C[Si](C)(C)O[Si](C)(C)CCCN1CCOC1=O. The summed E-state index contributed by atoms with van der Waals surface area (Å²) >= 11 is 0. The number of rotatable bonds is 6. The first-order chi connectivity index (χ1) is 7.70. The van der Waals surface area contributed by atoms with Crippen molar-refractivity contribution in [1.29, 1.82) is 0 Å². The van der Waals surface area contributed by atoms with Crippen LogP contribution in [0.25, 0.3) is 0 Å². The molecule has 100 valence electrons. The summed E-state index contributed by atoms with van der Waals surface area (Å²) < 4.78 is 11.2. The molecule has 0 aromatic rings. The second-order valence-electron chi connectivity index (χ2n) is 6.18. The minimum Gasteiger partial charge on any atom is -0.456 e. The fraction of sp³-hybridized carbons (Fsp3) is 0.909. The van der Waals surface area contributed by atoms with Gasteiger partial charge in [0.25, 0.3) is 0 Å². The number of ether oxygens (including phenoxy) is 1. The Kier molecular flexibility index (Phi) is 4.80. The minimum absolute atomic E-state index is 0.157. The molecule has 1 aliphatic heterocycles. The zero-order valence-corrected chi connectivity index (χ0v) is 13.7. The molecule has 0 aromatic heterocycles. The highest BCUT2D eigenvalue weighted by Crippen LogP contribution is 2.20. The van der Waals surface area contributed by atoms with Gasteiger partial charge in [-0.1, -0.05) is 0 Å². The standard InChI is InChI=1S/C11H25NO3Si2/c1-16(2,3)15-17(4,5)10-6-7-12-8-9-14-11(12)13/h6-10H2,1-5H3. The van der Waals surface area contributed by atoms with Crippen LogP contribution in [0.15, 0.2) is 0 Å². The topological polar surface area (TPSA) is 38.8 Å². The molecule has 6 heteroatoms. The third-order valence-electron chi connectivity index (χ3n) is 2.63. The maximum Gasteiger partial charge on any atom is 0.409 e. The molecule has 0 spiro atoms. The molecule has 0 aromatic carbocycles. The van der Waals surface area contributed by atoms with Crippen molar-refractivity contribution in [3.05, 3.63) is 0 Å². The maximum atomic E-state index is 11.2. The van der Waals surface area contributed by atoms with E-state index in [1.54, 1.807) is 4.90 Å². The molecule has 0 aliphatic carbocycles. The van der Waals surface area contributed by atoms with Gasteiger partial charge in [0.15, 0.2) is 16.6 Å². The van der Waals surface area contributed by atoms with Crippen molar-refractivity contribution in [2.75, 3.05) is 19.7 Å². The Balaban J connectivity index is 2.27. The van der Waals surface area contributed by atoms with Crippen LogP contribution in [0, 0.1) is 0 Å². The van der Waals surface area contributed by atoms with Gasteiger partial charge < -0.3 is 13.8 Å². The molecule has 1 heterocycles. The van der Waals surface area contributed by atoms with Crippen molar-refractivity contribution in [2.45, 2.75) is 45.2 Å². The van der Waals surface area contributed by atoms with E-state index >= 15 is 0 Å². The number of hydrogen-bond donors (Lipinski definition) is 0. The van der Waals surface area contributed by atoms with Crippen LogP contribution in [0.5, 0.6) is 0 Å². The molecule has 1 aliphatic rings. The highest BCUT2D eigenvalue weighted by molar-refractivity contribution is 6.84. The van der Waals surface area contributed by atoms with E-state index in [9.17, 15) is 4.79 Å². The van der Waals surface area contributed by atoms with Crippen LogP contribution in [-0.4, -0.2) is 47.3 Å². The van der Waals surface area contributed by atoms with E-state index in [2.05, 4.69) is 32.7 Å². The molecule has 1 amide bonds. The normalized spacial score (nSPS) is 17.5. The predicted octanol–water partition coefficient (Wildman–Crippen LogP) is 2.89. The second kappa shape index (κ2) is 5.54. The smallest absolute Gasteiger partial charge is 0.409 e. The van der Waals surface area contributed by atoms with Crippen molar-refractivity contribution in [3.63, 3.8) is 0 Å². The first-order valence-corrected chi connectivity index (χ1v) is 12.8. The molecule has 1 rings (SSSR count). The number of carbonyl (C=O) groups excluding carboxylic acids is 1. The van der Waals surface area contributed by atoms with Crippen LogP contribution in [0.3, 0.4) is 0 Å². The monoisotopic (exact) mass is 275 g/mol. The summed E-state index contributed by atoms with van der Waals surface area (Å²) in [6.07, 6.45) is 0.870. The van der Waals surface area contributed by atoms with Crippen LogP contribution < -0.4 is 0 Å². The summed E-state index contributed by atoms with van der Waals surface area (Å²) in [4.78, 5) is 13.0. The summed E-state index contributed by atoms with van der Waals surface area (Å²) in [6.45, 7) is 13.4. The molecular weight excluding hydrogens is 250 g/mol. The molecule has 0 N–H and O–H groups in total. The quantitative estimate of drug-likeness (QED) is 0.700. The van der Waals surface area contributed by atoms with Crippen molar-refractivity contribution >= 4 is 22.7 Å². The Morgan fingerprint density at radius 2 is 1.94 bits per heavy atom. The molecule has 0 radical (unpaired) electrons. The van der Waals surface area contributed by atoms with Crippen LogP contribution in [0.1, 0.15) is 6.42 Å². The average Bonchev–Trinajstić information content (AvgIpc) is 2.47. The van der Waals surface area contributed by atoms with Crippen molar-refractivity contribution in [1.82, 2.24) is 4.90 Å². The van der Waals surface area contributed by atoms with Gasteiger partial charge in [-0.05, 0) is 45.2 Å². The van der Waals surface area contributed by atoms with E-state index in [1.165, 1.54) is 0 Å². The third kappa shape index (κ3) is 5.69. The molecule has 17 heavy (non-hydrogen) atoms. The Labute approximate surface area is 107 Å². The first kappa shape index (κ1) is 14.7. The lowest BCUT2D eigenvalue weighted by molar-refractivity contribution is 0.158. The van der Waals surface area contributed by atoms with Gasteiger partial charge in [0.2, 0.25) is 0 Å². The lowest BCUT2D eigenvalue weighted by Gasteiger charge is -2.31. The number of nitrogens with zero attached hydrogens (tertiary/aromatic N) is 1. The maximum absolute atomic E-state index is 11.2.